The monoisotopic (exact) mass is 333 g/mol. The quantitative estimate of drug-likeness (QED) is 0.748. The highest BCUT2D eigenvalue weighted by Gasteiger charge is 2.29. The highest BCUT2D eigenvalue weighted by Crippen LogP contribution is 2.32. The summed E-state index contributed by atoms with van der Waals surface area (Å²) in [5, 5.41) is 11.2. The molecule has 24 heavy (non-hydrogen) atoms. The molecule has 2 N–H and O–H groups in total. The molecule has 3 rings (SSSR count). The number of hydrogen-bond acceptors (Lipinski definition) is 4. The van der Waals surface area contributed by atoms with E-state index < -0.39 is 12.1 Å². The summed E-state index contributed by atoms with van der Waals surface area (Å²) >= 11 is 0. The number of ether oxygens (including phenoxy) is 1. The number of carboxylic acids is 1. The Hall–Kier alpha value is -2.37. The summed E-state index contributed by atoms with van der Waals surface area (Å²) < 4.78 is 5.58. The third kappa shape index (κ3) is 4.81. The van der Waals surface area contributed by atoms with E-state index in [1.807, 2.05) is 24.3 Å². The number of carbonyl (C=O) groups excluding carboxylic acids is 2. The molecule has 1 aromatic rings. The van der Waals surface area contributed by atoms with Gasteiger partial charge in [0, 0.05) is 6.42 Å². The lowest BCUT2D eigenvalue weighted by atomic mass is 9.88. The van der Waals surface area contributed by atoms with Gasteiger partial charge in [-0.05, 0) is 23.5 Å². The number of nitrogens with one attached hydrogen (secondary N) is 1. The van der Waals surface area contributed by atoms with Crippen LogP contribution >= 0.6 is 0 Å². The van der Waals surface area contributed by atoms with Crippen molar-refractivity contribution in [2.24, 2.45) is 5.92 Å². The van der Waals surface area contributed by atoms with E-state index in [1.165, 1.54) is 0 Å². The molecule has 0 saturated heterocycles. The molecule has 0 radical (unpaired) electrons. The van der Waals surface area contributed by atoms with Gasteiger partial charge in [0.1, 0.15) is 6.10 Å². The summed E-state index contributed by atoms with van der Waals surface area (Å²) in [5.41, 5.74) is 1.76. The largest absolute Gasteiger partial charge is 0.481 e. The fourth-order valence-electron chi connectivity index (χ4n) is 2.75. The molecule has 1 aromatic carbocycles. The number of rotatable bonds is 7. The van der Waals surface area contributed by atoms with Crippen LogP contribution < -0.4 is 5.32 Å². The Morgan fingerprint density at radius 2 is 1.79 bits per heavy atom. The summed E-state index contributed by atoms with van der Waals surface area (Å²) in [6.45, 7) is 4.25. The van der Waals surface area contributed by atoms with Gasteiger partial charge >= 0.3 is 11.9 Å². The number of benzene rings is 1. The highest BCUT2D eigenvalue weighted by molar-refractivity contribution is 5.81. The molecule has 130 valence electrons. The zero-order valence-electron chi connectivity index (χ0n) is 14.0. The lowest BCUT2D eigenvalue weighted by Crippen LogP contribution is -2.32. The van der Waals surface area contributed by atoms with E-state index in [4.69, 9.17) is 9.84 Å². The van der Waals surface area contributed by atoms with Gasteiger partial charge in [-0.15, -0.1) is 0 Å². The van der Waals surface area contributed by atoms with Crippen molar-refractivity contribution in [3.63, 3.8) is 0 Å². The van der Waals surface area contributed by atoms with Gasteiger partial charge in [-0.25, -0.2) is 0 Å². The van der Waals surface area contributed by atoms with Gasteiger partial charge in [0.05, 0.1) is 18.9 Å². The molecule has 0 aliphatic carbocycles. The summed E-state index contributed by atoms with van der Waals surface area (Å²) in [7, 11) is 0. The van der Waals surface area contributed by atoms with Crippen LogP contribution in [0.3, 0.4) is 0 Å². The second-order valence-corrected chi connectivity index (χ2v) is 6.47. The van der Waals surface area contributed by atoms with Crippen molar-refractivity contribution in [3.05, 3.63) is 35.4 Å². The van der Waals surface area contributed by atoms with Crippen molar-refractivity contribution in [3.8, 4) is 0 Å². The molecule has 6 heteroatoms. The maximum Gasteiger partial charge on any atom is 0.314 e. The molecular formula is C18H23NO5. The van der Waals surface area contributed by atoms with Crippen LogP contribution in [0.25, 0.3) is 0 Å². The van der Waals surface area contributed by atoms with Crippen LogP contribution in [0.5, 0.6) is 0 Å². The Balaban J connectivity index is 2.04. The first-order chi connectivity index (χ1) is 11.4. The number of aliphatic carboxylic acids is 1. The fraction of sp³-hybridized carbons (Fsp3) is 0.500. The van der Waals surface area contributed by atoms with E-state index in [1.54, 1.807) is 0 Å². The number of carbonyl (C=O) groups is 3. The van der Waals surface area contributed by atoms with Crippen LogP contribution in [0.4, 0.5) is 0 Å². The Labute approximate surface area is 141 Å². The molecular weight excluding hydrogens is 310 g/mol. The van der Waals surface area contributed by atoms with Gasteiger partial charge in [-0.3, -0.25) is 14.4 Å². The van der Waals surface area contributed by atoms with Crippen molar-refractivity contribution in [1.29, 1.82) is 0 Å². The number of amides is 1. The van der Waals surface area contributed by atoms with E-state index in [9.17, 15) is 14.4 Å². The average Bonchev–Trinajstić information content (AvgIpc) is 2.53. The van der Waals surface area contributed by atoms with Crippen LogP contribution in [0.15, 0.2) is 24.3 Å². The summed E-state index contributed by atoms with van der Waals surface area (Å²) in [6.07, 6.45) is -0.169. The Bertz CT molecular complexity index is 608. The van der Waals surface area contributed by atoms with Crippen LogP contribution in [0, 0.1) is 5.92 Å². The molecule has 2 heterocycles. The van der Waals surface area contributed by atoms with Gasteiger partial charge in [0.15, 0.2) is 0 Å². The predicted molar refractivity (Wildman–Crippen MR) is 87.4 cm³/mol. The first-order valence-corrected chi connectivity index (χ1v) is 8.15. The Kier molecular flexibility index (Phi) is 5.95. The van der Waals surface area contributed by atoms with E-state index in [-0.39, 0.29) is 37.2 Å². The minimum Gasteiger partial charge on any atom is -0.481 e. The molecule has 2 atom stereocenters. The summed E-state index contributed by atoms with van der Waals surface area (Å²) in [6, 6.07) is 7.68. The van der Waals surface area contributed by atoms with Gasteiger partial charge in [-0.2, -0.15) is 0 Å². The first-order valence-electron chi connectivity index (χ1n) is 8.15. The number of fused-ring (bicyclic) bond motifs is 5. The second kappa shape index (κ2) is 7.95. The third-order valence-corrected chi connectivity index (χ3v) is 4.01. The molecule has 2 aliphatic rings. The zero-order valence-corrected chi connectivity index (χ0v) is 14.0. The predicted octanol–water partition coefficient (Wildman–Crippen LogP) is 2.40. The van der Waals surface area contributed by atoms with E-state index in [0.717, 1.165) is 11.1 Å². The molecule has 0 aromatic heterocycles. The molecule has 2 aliphatic heterocycles. The lowest BCUT2D eigenvalue weighted by Gasteiger charge is -2.27. The van der Waals surface area contributed by atoms with Crippen molar-refractivity contribution >= 4 is 17.8 Å². The van der Waals surface area contributed by atoms with Crippen LogP contribution in [-0.4, -0.2) is 29.5 Å². The molecule has 6 nitrogen and oxygen atoms in total. The van der Waals surface area contributed by atoms with Crippen molar-refractivity contribution in [2.75, 3.05) is 6.54 Å². The molecule has 1 amide bonds. The normalized spacial score (nSPS) is 19.5. The second-order valence-electron chi connectivity index (χ2n) is 6.47. The molecule has 1 unspecified atom stereocenters. The van der Waals surface area contributed by atoms with E-state index in [0.29, 0.717) is 12.3 Å². The smallest absolute Gasteiger partial charge is 0.314 e. The maximum atomic E-state index is 12.4. The molecule has 0 spiro atoms. The summed E-state index contributed by atoms with van der Waals surface area (Å²) in [5.74, 6) is -1.62. The highest BCUT2D eigenvalue weighted by atomic mass is 16.5. The number of carboxylic acid groups (broad SMARTS) is 1. The van der Waals surface area contributed by atoms with Gasteiger partial charge < -0.3 is 15.2 Å². The minimum atomic E-state index is -1.02. The molecule has 2 bridgehead atoms. The summed E-state index contributed by atoms with van der Waals surface area (Å²) in [4.78, 5) is 34.6. The van der Waals surface area contributed by atoms with E-state index >= 15 is 0 Å². The van der Waals surface area contributed by atoms with E-state index in [2.05, 4.69) is 19.2 Å². The SMILES string of the molecule is CC(C)CC1C(=O)O[C@H](CNC(=O)CCC(=O)O)c2ccc1cc2. The van der Waals surface area contributed by atoms with Crippen molar-refractivity contribution < 1.29 is 24.2 Å². The standard InChI is InChI=1S/C18H23NO5/c1-11(2)9-14-12-3-5-13(6-4-12)15(24-18(14)23)10-19-16(20)7-8-17(21)22/h3-6,11,14-15H,7-10H2,1-2H3,(H,19,20)(H,21,22)/t14?,15-/m1/s1. The van der Waals surface area contributed by atoms with Crippen LogP contribution in [0.2, 0.25) is 0 Å². The third-order valence-electron chi connectivity index (χ3n) is 4.01. The number of esters is 1. The van der Waals surface area contributed by atoms with Crippen LogP contribution in [-0.2, 0) is 19.1 Å². The first kappa shape index (κ1) is 18.0. The lowest BCUT2D eigenvalue weighted by molar-refractivity contribution is -0.152. The average molecular weight is 333 g/mol. The van der Waals surface area contributed by atoms with Gasteiger partial charge in [-0.1, -0.05) is 38.1 Å². The Morgan fingerprint density at radius 3 is 2.38 bits per heavy atom. The topological polar surface area (TPSA) is 92.7 Å². The van der Waals surface area contributed by atoms with Gasteiger partial charge in [0.25, 0.3) is 0 Å². The Morgan fingerprint density at radius 1 is 1.17 bits per heavy atom. The van der Waals surface area contributed by atoms with Gasteiger partial charge in [0.2, 0.25) is 5.91 Å². The number of hydrogen-bond donors (Lipinski definition) is 2. The maximum absolute atomic E-state index is 12.4. The molecule has 0 saturated carbocycles. The van der Waals surface area contributed by atoms with Crippen molar-refractivity contribution in [2.45, 2.75) is 45.1 Å². The minimum absolute atomic E-state index is 0.0923. The molecule has 0 fully saturated rings. The van der Waals surface area contributed by atoms with Crippen LogP contribution in [0.1, 0.15) is 56.3 Å². The zero-order chi connectivity index (χ0) is 17.7. The van der Waals surface area contributed by atoms with Crippen molar-refractivity contribution in [1.82, 2.24) is 5.32 Å². The fourth-order valence-corrected chi connectivity index (χ4v) is 2.75.